The first kappa shape index (κ1) is 26.7. The molecule has 0 saturated carbocycles. The molecule has 11 rings (SSSR count). The zero-order valence-electron chi connectivity index (χ0n) is 26.0. The first-order valence-corrected chi connectivity index (χ1v) is 17.1. The predicted molar refractivity (Wildman–Crippen MR) is 203 cm³/mol. The molecule has 49 heavy (non-hydrogen) atoms. The van der Waals surface area contributed by atoms with Crippen molar-refractivity contribution in [1.82, 2.24) is 19.5 Å². The maximum Gasteiger partial charge on any atom is 0.238 e. The average Bonchev–Trinajstić information content (AvgIpc) is 3.84. The normalized spacial score (nSPS) is 12.1. The van der Waals surface area contributed by atoms with E-state index in [-0.39, 0.29) is 0 Å². The Kier molecular flexibility index (Phi) is 5.48. The summed E-state index contributed by atoms with van der Waals surface area (Å²) in [6.07, 6.45) is 0. The molecule has 0 aliphatic rings. The molecule has 0 N–H and O–H groups in total. The largest absolute Gasteiger partial charge is 0.455 e. The second kappa shape index (κ2) is 10.1. The third-order valence-electron chi connectivity index (χ3n) is 9.66. The van der Waals surface area contributed by atoms with Gasteiger partial charge in [0, 0.05) is 47.3 Å². The summed E-state index contributed by atoms with van der Waals surface area (Å²) in [7, 11) is 0. The maximum absolute atomic E-state index is 6.63. The number of nitrogens with zero attached hydrogens (tertiary/aromatic N) is 4. The van der Waals surface area contributed by atoms with Crippen LogP contribution in [0.15, 0.2) is 150 Å². The van der Waals surface area contributed by atoms with Gasteiger partial charge in [-0.15, -0.1) is 11.3 Å². The summed E-state index contributed by atoms with van der Waals surface area (Å²) in [6.45, 7) is 0. The highest BCUT2D eigenvalue weighted by Crippen LogP contribution is 2.44. The standard InChI is InChI=1S/C43H24N4OS/c1-2-12-26(13-3-1)41-44-42(32-18-10-17-31-37-27-14-5-4-11-25(27)21-24-35(37)48-39(31)32)46-43(45-41)47-33-19-8-6-16-30(33)38-34(47)23-22-29-28-15-7-9-20-36(28)49-40(29)38/h1-24H. The lowest BCUT2D eigenvalue weighted by Gasteiger charge is -2.11. The van der Waals surface area contributed by atoms with Crippen molar-refractivity contribution in [3.05, 3.63) is 146 Å². The molecule has 228 valence electrons. The van der Waals surface area contributed by atoms with Crippen molar-refractivity contribution in [2.24, 2.45) is 0 Å². The molecule has 11 aromatic rings. The fourth-order valence-corrected chi connectivity index (χ4v) is 8.76. The first-order chi connectivity index (χ1) is 24.3. The van der Waals surface area contributed by atoms with Gasteiger partial charge in [0.1, 0.15) is 11.2 Å². The summed E-state index contributed by atoms with van der Waals surface area (Å²) < 4.78 is 11.4. The Bertz CT molecular complexity index is 3120. The summed E-state index contributed by atoms with van der Waals surface area (Å²) in [5.74, 6) is 1.73. The van der Waals surface area contributed by atoms with Gasteiger partial charge in [0.2, 0.25) is 5.95 Å². The number of fused-ring (bicyclic) bond motifs is 12. The molecular weight excluding hydrogens is 621 g/mol. The smallest absolute Gasteiger partial charge is 0.238 e. The number of aromatic nitrogens is 4. The summed E-state index contributed by atoms with van der Waals surface area (Å²) in [5.41, 5.74) is 5.46. The monoisotopic (exact) mass is 644 g/mol. The van der Waals surface area contributed by atoms with E-state index < -0.39 is 0 Å². The fourth-order valence-electron chi connectivity index (χ4n) is 7.50. The van der Waals surface area contributed by atoms with Crippen molar-refractivity contribution in [2.45, 2.75) is 0 Å². The minimum Gasteiger partial charge on any atom is -0.455 e. The molecule has 0 saturated heterocycles. The van der Waals surface area contributed by atoms with E-state index in [4.69, 9.17) is 19.4 Å². The van der Waals surface area contributed by atoms with E-state index in [2.05, 4.69) is 114 Å². The lowest BCUT2D eigenvalue weighted by atomic mass is 10.0. The zero-order chi connectivity index (χ0) is 32.1. The number of para-hydroxylation sites is 2. The predicted octanol–water partition coefficient (Wildman–Crippen LogP) is 11.7. The Morgan fingerprint density at radius 1 is 0.490 bits per heavy atom. The van der Waals surface area contributed by atoms with E-state index in [0.29, 0.717) is 17.6 Å². The molecule has 4 aromatic heterocycles. The van der Waals surface area contributed by atoms with Gasteiger partial charge in [-0.25, -0.2) is 4.98 Å². The minimum atomic E-state index is 0.562. The van der Waals surface area contributed by atoms with Crippen LogP contribution < -0.4 is 0 Å². The fraction of sp³-hybridized carbons (Fsp3) is 0. The lowest BCUT2D eigenvalue weighted by molar-refractivity contribution is 0.669. The van der Waals surface area contributed by atoms with Gasteiger partial charge in [-0.2, -0.15) is 9.97 Å². The van der Waals surface area contributed by atoms with Crippen molar-refractivity contribution in [1.29, 1.82) is 0 Å². The van der Waals surface area contributed by atoms with Gasteiger partial charge in [-0.3, -0.25) is 4.57 Å². The molecule has 7 aromatic carbocycles. The Morgan fingerprint density at radius 3 is 2.16 bits per heavy atom. The van der Waals surface area contributed by atoms with Crippen molar-refractivity contribution >= 4 is 86.0 Å². The molecule has 0 radical (unpaired) electrons. The number of thiophene rings is 1. The van der Waals surface area contributed by atoms with Crippen molar-refractivity contribution < 1.29 is 4.42 Å². The molecule has 0 bridgehead atoms. The van der Waals surface area contributed by atoms with Crippen molar-refractivity contribution in [3.8, 4) is 28.7 Å². The van der Waals surface area contributed by atoms with Crippen LogP contribution in [0.5, 0.6) is 0 Å². The number of hydrogen-bond acceptors (Lipinski definition) is 5. The van der Waals surface area contributed by atoms with Gasteiger partial charge in [0.15, 0.2) is 11.6 Å². The van der Waals surface area contributed by atoms with Gasteiger partial charge in [-0.05, 0) is 41.1 Å². The molecular formula is C43H24N4OS. The highest BCUT2D eigenvalue weighted by atomic mass is 32.1. The molecule has 0 atom stereocenters. The van der Waals surface area contributed by atoms with Gasteiger partial charge in [0.25, 0.3) is 0 Å². The van der Waals surface area contributed by atoms with Crippen LogP contribution in [0, 0.1) is 0 Å². The molecule has 6 heteroatoms. The second-order valence-electron chi connectivity index (χ2n) is 12.4. The molecule has 4 heterocycles. The number of furan rings is 1. The quantitative estimate of drug-likeness (QED) is 0.192. The molecule has 0 unspecified atom stereocenters. The SMILES string of the molecule is c1ccc(-c2nc(-c3cccc4c3oc3ccc5ccccc5c34)nc(-n3c4ccccc4c4c5sc6ccccc6c5ccc43)n2)cc1. The van der Waals surface area contributed by atoms with Crippen LogP contribution >= 0.6 is 11.3 Å². The van der Waals surface area contributed by atoms with E-state index >= 15 is 0 Å². The highest BCUT2D eigenvalue weighted by molar-refractivity contribution is 7.26. The minimum absolute atomic E-state index is 0.562. The van der Waals surface area contributed by atoms with Gasteiger partial charge < -0.3 is 4.42 Å². The topological polar surface area (TPSA) is 56.7 Å². The summed E-state index contributed by atoms with van der Waals surface area (Å²) in [5, 5.41) is 9.40. The van der Waals surface area contributed by atoms with E-state index in [9.17, 15) is 0 Å². The van der Waals surface area contributed by atoms with Gasteiger partial charge in [0.05, 0.1) is 16.6 Å². The van der Waals surface area contributed by atoms with E-state index in [0.717, 1.165) is 49.5 Å². The van der Waals surface area contributed by atoms with Crippen LogP contribution in [0.2, 0.25) is 0 Å². The van der Waals surface area contributed by atoms with Crippen molar-refractivity contribution in [2.75, 3.05) is 0 Å². The molecule has 0 fully saturated rings. The summed E-state index contributed by atoms with van der Waals surface area (Å²) in [6, 6.07) is 50.6. The Labute approximate surface area is 283 Å². The van der Waals surface area contributed by atoms with E-state index in [1.54, 1.807) is 0 Å². The third kappa shape index (κ3) is 3.83. The molecule has 0 aliphatic heterocycles. The van der Waals surface area contributed by atoms with Gasteiger partial charge in [-0.1, -0.05) is 115 Å². The maximum atomic E-state index is 6.63. The third-order valence-corrected chi connectivity index (χ3v) is 10.9. The van der Waals surface area contributed by atoms with Crippen molar-refractivity contribution in [3.63, 3.8) is 0 Å². The van der Waals surface area contributed by atoms with Crippen LogP contribution in [0.25, 0.3) is 103 Å². The summed E-state index contributed by atoms with van der Waals surface area (Å²) >= 11 is 1.84. The molecule has 0 amide bonds. The summed E-state index contributed by atoms with van der Waals surface area (Å²) in [4.78, 5) is 15.5. The zero-order valence-corrected chi connectivity index (χ0v) is 26.8. The molecule has 0 aliphatic carbocycles. The molecule has 0 spiro atoms. The van der Waals surface area contributed by atoms with E-state index in [1.165, 1.54) is 36.3 Å². The number of rotatable bonds is 3. The Morgan fingerprint density at radius 2 is 1.24 bits per heavy atom. The average molecular weight is 645 g/mol. The van der Waals surface area contributed by atoms with Crippen LogP contribution in [0.3, 0.4) is 0 Å². The number of hydrogen-bond donors (Lipinski definition) is 0. The van der Waals surface area contributed by atoms with Crippen LogP contribution in [0.4, 0.5) is 0 Å². The van der Waals surface area contributed by atoms with Crippen LogP contribution in [-0.2, 0) is 0 Å². The van der Waals surface area contributed by atoms with Crippen LogP contribution in [-0.4, -0.2) is 19.5 Å². The Hall–Kier alpha value is -6.37. The first-order valence-electron chi connectivity index (χ1n) is 16.3. The van der Waals surface area contributed by atoms with Gasteiger partial charge >= 0.3 is 0 Å². The van der Waals surface area contributed by atoms with E-state index in [1.807, 2.05) is 47.7 Å². The second-order valence-corrected chi connectivity index (χ2v) is 13.4. The van der Waals surface area contributed by atoms with Crippen LogP contribution in [0.1, 0.15) is 0 Å². The molecule has 5 nitrogen and oxygen atoms in total. The Balaban J connectivity index is 1.23. The highest BCUT2D eigenvalue weighted by Gasteiger charge is 2.22. The lowest BCUT2D eigenvalue weighted by Crippen LogP contribution is -2.06. The number of benzene rings is 7.